The Morgan fingerprint density at radius 2 is 1.78 bits per heavy atom. The Hall–Kier alpha value is -1.94. The molecule has 8 nitrogen and oxygen atoms in total. The molecule has 1 atom stereocenters. The van der Waals surface area contributed by atoms with Crippen LogP contribution in [0.5, 0.6) is 0 Å². The van der Waals surface area contributed by atoms with Gasteiger partial charge in [-0.25, -0.2) is 15.1 Å². The van der Waals surface area contributed by atoms with E-state index in [-0.39, 0.29) is 0 Å². The minimum atomic E-state index is -1.01. The molecule has 1 unspecified atom stereocenters. The molecule has 10 heteroatoms. The quantitative estimate of drug-likeness (QED) is 0.232. The van der Waals surface area contributed by atoms with Gasteiger partial charge in [0.15, 0.2) is 5.82 Å². The van der Waals surface area contributed by atoms with E-state index in [0.29, 0.717) is 0 Å². The molecule has 1 aliphatic rings. The number of halogens is 2. The van der Waals surface area contributed by atoms with E-state index in [4.69, 9.17) is 33.5 Å². The predicted molar refractivity (Wildman–Crippen MR) is 127 cm³/mol. The smallest absolute Gasteiger partial charge is 0.202 e. The third-order valence-electron chi connectivity index (χ3n) is 5.54. The van der Waals surface area contributed by atoms with Crippen LogP contribution in [-0.2, 0) is 24.5 Å². The predicted octanol–water partition coefficient (Wildman–Crippen LogP) is 4.13. The molecular weight excluding hydrogens is 447 g/mol. The molecular formula is C22H30Cl2N8. The summed E-state index contributed by atoms with van der Waals surface area (Å²) in [5.74, 6) is 2.05. The summed E-state index contributed by atoms with van der Waals surface area (Å²) in [5, 5.41) is 3.78. The van der Waals surface area contributed by atoms with Gasteiger partial charge in [-0.3, -0.25) is 0 Å². The fraction of sp³-hybridized carbons (Fsp3) is 0.455. The first-order chi connectivity index (χ1) is 15.5. The first-order valence-electron chi connectivity index (χ1n) is 11.2. The van der Waals surface area contributed by atoms with Gasteiger partial charge < -0.3 is 4.57 Å². The largest absolute Gasteiger partial charge is 0.323 e. The Morgan fingerprint density at radius 3 is 2.47 bits per heavy atom. The van der Waals surface area contributed by atoms with Gasteiger partial charge in [0.1, 0.15) is 5.82 Å². The average Bonchev–Trinajstić information content (AvgIpc) is 3.51. The average molecular weight is 477 g/mol. The summed E-state index contributed by atoms with van der Waals surface area (Å²) < 4.78 is 5.25. The van der Waals surface area contributed by atoms with Crippen LogP contribution in [0.1, 0.15) is 62.3 Å². The number of alkyl halides is 1. The minimum absolute atomic E-state index is 0.727. The van der Waals surface area contributed by atoms with Crippen molar-refractivity contribution in [1.29, 1.82) is 0 Å². The zero-order valence-electron chi connectivity index (χ0n) is 18.5. The van der Waals surface area contributed by atoms with Crippen molar-refractivity contribution in [3.05, 3.63) is 65.5 Å². The SMILES string of the molecule is CCCCc1nc(CCCC)n(Cc2ccc(-n3ccc(C4(Cl)NNN(Cl)N4)c3)cc2)n1. The summed E-state index contributed by atoms with van der Waals surface area (Å²) in [4.78, 5) is 4.80. The van der Waals surface area contributed by atoms with Crippen LogP contribution in [0.4, 0.5) is 0 Å². The third kappa shape index (κ3) is 5.33. The van der Waals surface area contributed by atoms with Gasteiger partial charge in [0.05, 0.1) is 6.54 Å². The highest BCUT2D eigenvalue weighted by Crippen LogP contribution is 2.27. The number of nitrogens with one attached hydrogen (secondary N) is 3. The maximum absolute atomic E-state index is 6.55. The fourth-order valence-electron chi connectivity index (χ4n) is 3.67. The Kier molecular flexibility index (Phi) is 7.50. The summed E-state index contributed by atoms with van der Waals surface area (Å²) >= 11 is 12.4. The van der Waals surface area contributed by atoms with Gasteiger partial charge in [-0.1, -0.05) is 55.1 Å². The molecule has 0 amide bonds. The number of aryl methyl sites for hydroxylation is 2. The highest BCUT2D eigenvalue weighted by Gasteiger charge is 2.37. The lowest BCUT2D eigenvalue weighted by Crippen LogP contribution is -2.41. The van der Waals surface area contributed by atoms with E-state index in [0.717, 1.165) is 72.6 Å². The van der Waals surface area contributed by atoms with E-state index in [1.54, 1.807) is 0 Å². The van der Waals surface area contributed by atoms with Crippen molar-refractivity contribution in [1.82, 2.24) is 40.4 Å². The third-order valence-corrected chi connectivity index (χ3v) is 6.10. The van der Waals surface area contributed by atoms with E-state index < -0.39 is 5.12 Å². The lowest BCUT2D eigenvalue weighted by atomic mass is 10.2. The number of nitrogens with zero attached hydrogens (tertiary/aromatic N) is 5. The van der Waals surface area contributed by atoms with Crippen LogP contribution in [-0.4, -0.2) is 24.0 Å². The van der Waals surface area contributed by atoms with Gasteiger partial charge >= 0.3 is 0 Å². The normalized spacial score (nSPS) is 19.1. The van der Waals surface area contributed by atoms with Gasteiger partial charge in [-0.05, 0) is 36.6 Å². The van der Waals surface area contributed by atoms with Crippen molar-refractivity contribution in [2.24, 2.45) is 0 Å². The molecule has 0 radical (unpaired) electrons. The molecule has 0 bridgehead atoms. The van der Waals surface area contributed by atoms with Crippen molar-refractivity contribution in [3.8, 4) is 5.69 Å². The molecule has 172 valence electrons. The van der Waals surface area contributed by atoms with Crippen LogP contribution in [0.3, 0.4) is 0 Å². The second-order valence-electron chi connectivity index (χ2n) is 8.07. The van der Waals surface area contributed by atoms with Crippen LogP contribution in [0.15, 0.2) is 42.7 Å². The van der Waals surface area contributed by atoms with E-state index in [1.165, 1.54) is 5.56 Å². The molecule has 32 heavy (non-hydrogen) atoms. The maximum atomic E-state index is 6.55. The fourth-order valence-corrected chi connectivity index (χ4v) is 4.13. The standard InChI is InChI=1S/C22H30Cl2N8/c1-3-5-7-20-25-21(8-6-4-2)31(26-20)15-17-9-11-19(12-10-17)30-14-13-18(16-30)22(23)27-29-32(24)28-22/h9-14,16,27-29H,3-8,15H2,1-2H3. The topological polar surface area (TPSA) is 75.0 Å². The summed E-state index contributed by atoms with van der Waals surface area (Å²) in [6.07, 6.45) is 10.4. The molecule has 4 rings (SSSR count). The van der Waals surface area contributed by atoms with E-state index in [2.05, 4.69) is 59.2 Å². The molecule has 2 aromatic heterocycles. The molecule has 0 saturated carbocycles. The number of unbranched alkanes of at least 4 members (excludes halogenated alkanes) is 2. The summed E-state index contributed by atoms with van der Waals surface area (Å²) in [5.41, 5.74) is 11.6. The number of rotatable bonds is 10. The number of hydrogen-bond acceptors (Lipinski definition) is 6. The van der Waals surface area contributed by atoms with Crippen molar-refractivity contribution in [2.45, 2.75) is 64.0 Å². The number of hydrazine groups is 3. The second kappa shape index (κ2) is 10.3. The Labute approximate surface area is 198 Å². The number of benzene rings is 1. The summed E-state index contributed by atoms with van der Waals surface area (Å²) in [6.45, 7) is 5.13. The molecule has 1 aromatic carbocycles. The number of aromatic nitrogens is 4. The highest BCUT2D eigenvalue weighted by molar-refractivity contribution is 6.24. The zero-order valence-corrected chi connectivity index (χ0v) is 20.0. The first kappa shape index (κ1) is 23.2. The summed E-state index contributed by atoms with van der Waals surface area (Å²) in [7, 11) is 0. The Bertz CT molecular complexity index is 1020. The van der Waals surface area contributed by atoms with Crippen LogP contribution in [0.25, 0.3) is 5.69 Å². The van der Waals surface area contributed by atoms with Crippen LogP contribution >= 0.6 is 23.4 Å². The van der Waals surface area contributed by atoms with Crippen molar-refractivity contribution >= 4 is 23.4 Å². The number of hydrogen-bond donors (Lipinski definition) is 3. The van der Waals surface area contributed by atoms with Gasteiger partial charge in [0, 0.05) is 48.3 Å². The lowest BCUT2D eigenvalue weighted by Gasteiger charge is -2.18. The Morgan fingerprint density at radius 1 is 1.03 bits per heavy atom. The molecule has 0 aliphatic carbocycles. The highest BCUT2D eigenvalue weighted by atomic mass is 35.5. The van der Waals surface area contributed by atoms with Crippen LogP contribution < -0.4 is 16.4 Å². The molecule has 3 aromatic rings. The van der Waals surface area contributed by atoms with Gasteiger partial charge in [0.2, 0.25) is 5.12 Å². The molecule has 0 spiro atoms. The van der Waals surface area contributed by atoms with Crippen LogP contribution in [0.2, 0.25) is 0 Å². The van der Waals surface area contributed by atoms with Crippen molar-refractivity contribution in [2.75, 3.05) is 0 Å². The molecule has 3 N–H and O–H groups in total. The second-order valence-corrected chi connectivity index (χ2v) is 8.98. The lowest BCUT2D eigenvalue weighted by molar-refractivity contribution is 0.319. The molecule has 1 aliphatic heterocycles. The van der Waals surface area contributed by atoms with Crippen LogP contribution in [0, 0.1) is 0 Å². The van der Waals surface area contributed by atoms with Gasteiger partial charge in [-0.15, -0.1) is 0 Å². The minimum Gasteiger partial charge on any atom is -0.323 e. The zero-order chi connectivity index (χ0) is 22.6. The molecule has 1 fully saturated rings. The maximum Gasteiger partial charge on any atom is 0.202 e. The molecule has 3 heterocycles. The van der Waals surface area contributed by atoms with Gasteiger partial charge in [0.25, 0.3) is 0 Å². The van der Waals surface area contributed by atoms with Gasteiger partial charge in [-0.2, -0.15) is 16.1 Å². The van der Waals surface area contributed by atoms with E-state index in [9.17, 15) is 0 Å². The van der Waals surface area contributed by atoms with E-state index >= 15 is 0 Å². The van der Waals surface area contributed by atoms with Crippen molar-refractivity contribution in [3.63, 3.8) is 0 Å². The monoisotopic (exact) mass is 476 g/mol. The first-order valence-corrected chi connectivity index (χ1v) is 11.9. The Balaban J connectivity index is 1.47. The van der Waals surface area contributed by atoms with Crippen molar-refractivity contribution < 1.29 is 0 Å². The summed E-state index contributed by atoms with van der Waals surface area (Å²) in [6, 6.07) is 10.4. The molecule has 1 saturated heterocycles. The van der Waals surface area contributed by atoms with E-state index in [1.807, 2.05) is 23.0 Å².